The molecule has 0 fully saturated rings. The van der Waals surface area contributed by atoms with Gasteiger partial charge in [0.25, 0.3) is 10.0 Å². The molecule has 11 heteroatoms. The minimum absolute atomic E-state index is 0. The highest BCUT2D eigenvalue weighted by molar-refractivity contribution is 7.93. The van der Waals surface area contributed by atoms with E-state index in [0.717, 1.165) is 11.3 Å². The molecular formula is C8H11Cl2N5O2S2. The number of hydrogen-bond donors (Lipinski definition) is 3. The first-order valence-electron chi connectivity index (χ1n) is 4.47. The van der Waals surface area contributed by atoms with Crippen LogP contribution < -0.4 is 16.0 Å². The van der Waals surface area contributed by atoms with Crippen molar-refractivity contribution in [3.8, 4) is 0 Å². The maximum atomic E-state index is 11.9. The van der Waals surface area contributed by atoms with Gasteiger partial charge < -0.3 is 5.43 Å². The second-order valence-corrected chi connectivity index (χ2v) is 5.53. The standard InChI is InChI=1S/C8H9N5O2S2.2ClH/c9-11-6-1-3-7(4-2-6)17(14,15)13-8-12-10-5-16-8;;/h1-5,11H,9H2,(H,12,13);2*1H. The van der Waals surface area contributed by atoms with Crippen LogP contribution in [0.4, 0.5) is 10.8 Å². The molecule has 0 aliphatic rings. The zero-order chi connectivity index (χ0) is 12.3. The van der Waals surface area contributed by atoms with Crippen molar-refractivity contribution in [1.29, 1.82) is 0 Å². The molecule has 7 nitrogen and oxygen atoms in total. The number of anilines is 2. The van der Waals surface area contributed by atoms with E-state index in [1.165, 1.54) is 17.6 Å². The van der Waals surface area contributed by atoms with Crippen LogP contribution in [0.15, 0.2) is 34.7 Å². The predicted octanol–water partition coefficient (Wildman–Crippen LogP) is 1.47. The van der Waals surface area contributed by atoms with Gasteiger partial charge in [0.15, 0.2) is 0 Å². The molecular weight excluding hydrogens is 333 g/mol. The van der Waals surface area contributed by atoms with Crippen LogP contribution >= 0.6 is 36.2 Å². The van der Waals surface area contributed by atoms with Crippen LogP contribution in [-0.4, -0.2) is 18.6 Å². The van der Waals surface area contributed by atoms with E-state index >= 15 is 0 Å². The highest BCUT2D eigenvalue weighted by Crippen LogP contribution is 2.18. The summed E-state index contributed by atoms with van der Waals surface area (Å²) in [6.07, 6.45) is 0. The number of hydrazine groups is 1. The molecule has 0 saturated carbocycles. The van der Waals surface area contributed by atoms with Gasteiger partial charge in [-0.25, -0.2) is 8.42 Å². The Morgan fingerprint density at radius 2 is 1.79 bits per heavy atom. The predicted molar refractivity (Wildman–Crippen MR) is 79.5 cm³/mol. The summed E-state index contributed by atoms with van der Waals surface area (Å²) in [6, 6.07) is 6.01. The molecule has 19 heavy (non-hydrogen) atoms. The summed E-state index contributed by atoms with van der Waals surface area (Å²) < 4.78 is 26.1. The zero-order valence-corrected chi connectivity index (χ0v) is 12.6. The van der Waals surface area contributed by atoms with E-state index < -0.39 is 10.0 Å². The summed E-state index contributed by atoms with van der Waals surface area (Å²) in [7, 11) is -3.62. The lowest BCUT2D eigenvalue weighted by atomic mass is 10.3. The first-order valence-corrected chi connectivity index (χ1v) is 6.84. The van der Waals surface area contributed by atoms with Crippen LogP contribution in [0.3, 0.4) is 0 Å². The number of sulfonamides is 1. The van der Waals surface area contributed by atoms with Crippen molar-refractivity contribution >= 4 is 57.0 Å². The lowest BCUT2D eigenvalue weighted by Gasteiger charge is -2.05. The lowest BCUT2D eigenvalue weighted by molar-refractivity contribution is 0.601. The van der Waals surface area contributed by atoms with Crippen LogP contribution in [0, 0.1) is 0 Å². The van der Waals surface area contributed by atoms with Crippen molar-refractivity contribution < 1.29 is 8.42 Å². The molecule has 0 aliphatic carbocycles. The van der Waals surface area contributed by atoms with Crippen LogP contribution in [0.25, 0.3) is 0 Å². The number of nitrogens with one attached hydrogen (secondary N) is 2. The van der Waals surface area contributed by atoms with E-state index in [-0.39, 0.29) is 34.8 Å². The molecule has 0 bridgehead atoms. The number of nitrogen functional groups attached to an aromatic ring is 1. The fourth-order valence-electron chi connectivity index (χ4n) is 1.12. The summed E-state index contributed by atoms with van der Waals surface area (Å²) >= 11 is 1.11. The summed E-state index contributed by atoms with van der Waals surface area (Å²) in [5, 5.41) is 7.38. The van der Waals surface area contributed by atoms with Crippen LogP contribution in [0.5, 0.6) is 0 Å². The first kappa shape index (κ1) is 17.9. The Kier molecular flexibility index (Phi) is 7.01. The normalized spacial score (nSPS) is 9.95. The van der Waals surface area contributed by atoms with Crippen molar-refractivity contribution in [2.24, 2.45) is 5.84 Å². The van der Waals surface area contributed by atoms with E-state index in [1.807, 2.05) is 0 Å². The minimum Gasteiger partial charge on any atom is -0.324 e. The third-order valence-electron chi connectivity index (χ3n) is 1.91. The fourth-order valence-corrected chi connectivity index (χ4v) is 2.81. The van der Waals surface area contributed by atoms with Crippen LogP contribution in [0.1, 0.15) is 0 Å². The van der Waals surface area contributed by atoms with E-state index in [2.05, 4.69) is 20.3 Å². The molecule has 0 saturated heterocycles. The highest BCUT2D eigenvalue weighted by Gasteiger charge is 2.15. The van der Waals surface area contributed by atoms with Crippen molar-refractivity contribution in [2.75, 3.05) is 10.1 Å². The van der Waals surface area contributed by atoms with Gasteiger partial charge in [0, 0.05) is 5.69 Å². The second kappa shape index (κ2) is 7.46. The molecule has 0 radical (unpaired) electrons. The molecule has 0 amide bonds. The van der Waals surface area contributed by atoms with Gasteiger partial charge in [0.2, 0.25) is 5.13 Å². The van der Waals surface area contributed by atoms with Crippen molar-refractivity contribution in [1.82, 2.24) is 10.2 Å². The number of rotatable bonds is 4. The van der Waals surface area contributed by atoms with Gasteiger partial charge in [-0.1, -0.05) is 11.3 Å². The van der Waals surface area contributed by atoms with Gasteiger partial charge in [-0.05, 0) is 24.3 Å². The number of hydrogen-bond acceptors (Lipinski definition) is 7. The lowest BCUT2D eigenvalue weighted by Crippen LogP contribution is -2.13. The van der Waals surface area contributed by atoms with Crippen LogP contribution in [0.2, 0.25) is 0 Å². The van der Waals surface area contributed by atoms with Gasteiger partial charge in [-0.2, -0.15) is 0 Å². The number of nitrogens with two attached hydrogens (primary N) is 1. The Morgan fingerprint density at radius 3 is 2.26 bits per heavy atom. The van der Waals surface area contributed by atoms with Gasteiger partial charge >= 0.3 is 0 Å². The smallest absolute Gasteiger partial charge is 0.263 e. The first-order chi connectivity index (χ1) is 8.12. The third-order valence-corrected chi connectivity index (χ3v) is 4.00. The number of halogens is 2. The van der Waals surface area contributed by atoms with Crippen LogP contribution in [-0.2, 0) is 10.0 Å². The SMILES string of the molecule is Cl.Cl.NNc1ccc(S(=O)(=O)Nc2nncs2)cc1. The molecule has 0 spiro atoms. The second-order valence-electron chi connectivity index (χ2n) is 3.02. The summed E-state index contributed by atoms with van der Waals surface area (Å²) in [6.45, 7) is 0. The van der Waals surface area contributed by atoms with E-state index in [1.54, 1.807) is 12.1 Å². The average molecular weight is 344 g/mol. The van der Waals surface area contributed by atoms with Gasteiger partial charge in [-0.3, -0.25) is 10.6 Å². The third kappa shape index (κ3) is 4.48. The molecule has 4 N–H and O–H groups in total. The Balaban J connectivity index is 0.00000162. The van der Waals surface area contributed by atoms with E-state index in [0.29, 0.717) is 5.69 Å². The largest absolute Gasteiger partial charge is 0.324 e. The van der Waals surface area contributed by atoms with Gasteiger partial charge in [0.05, 0.1) is 4.90 Å². The van der Waals surface area contributed by atoms with Crippen molar-refractivity contribution in [2.45, 2.75) is 4.90 Å². The quantitative estimate of drug-likeness (QED) is 0.572. The van der Waals surface area contributed by atoms with Gasteiger partial charge in [0.1, 0.15) is 5.51 Å². The topological polar surface area (TPSA) is 110 Å². The number of aromatic nitrogens is 2. The average Bonchev–Trinajstić information content (AvgIpc) is 2.81. The number of benzene rings is 1. The van der Waals surface area contributed by atoms with Crippen molar-refractivity contribution in [3.05, 3.63) is 29.8 Å². The molecule has 2 rings (SSSR count). The van der Waals surface area contributed by atoms with Gasteiger partial charge in [-0.15, -0.1) is 35.0 Å². The summed E-state index contributed by atoms with van der Waals surface area (Å²) in [5.41, 5.74) is 4.48. The Hall–Kier alpha value is -1.13. The number of nitrogens with zero attached hydrogens (tertiary/aromatic N) is 2. The maximum Gasteiger partial charge on any atom is 0.263 e. The molecule has 0 unspecified atom stereocenters. The van der Waals surface area contributed by atoms with E-state index in [9.17, 15) is 8.42 Å². The Morgan fingerprint density at radius 1 is 1.16 bits per heavy atom. The molecule has 1 heterocycles. The zero-order valence-electron chi connectivity index (χ0n) is 9.31. The molecule has 106 valence electrons. The molecule has 1 aromatic heterocycles. The molecule has 1 aromatic carbocycles. The summed E-state index contributed by atoms with van der Waals surface area (Å²) in [4.78, 5) is 0.131. The molecule has 0 atom stereocenters. The molecule has 2 aromatic rings. The van der Waals surface area contributed by atoms with Crippen molar-refractivity contribution in [3.63, 3.8) is 0 Å². The Labute approximate surface area is 126 Å². The molecule has 0 aliphatic heterocycles. The summed E-state index contributed by atoms with van der Waals surface area (Å²) in [5.74, 6) is 5.19. The fraction of sp³-hybridized carbons (Fsp3) is 0. The highest BCUT2D eigenvalue weighted by atomic mass is 35.5. The monoisotopic (exact) mass is 343 g/mol. The Bertz CT molecular complexity index is 588. The minimum atomic E-state index is -3.62. The maximum absolute atomic E-state index is 11.9. The van der Waals surface area contributed by atoms with E-state index in [4.69, 9.17) is 5.84 Å².